The molecule has 6 rings (SSSR count). The molecule has 4 aliphatic rings. The van der Waals surface area contributed by atoms with E-state index in [2.05, 4.69) is 43.4 Å². The Morgan fingerprint density at radius 1 is 1.04 bits per heavy atom. The maximum absolute atomic E-state index is 14.4. The average Bonchev–Trinajstić information content (AvgIpc) is 3.36. The van der Waals surface area contributed by atoms with Gasteiger partial charge >= 0.3 is 6.03 Å². The molecule has 0 aromatic heterocycles. The van der Waals surface area contributed by atoms with E-state index >= 15 is 0 Å². The lowest BCUT2D eigenvalue weighted by Crippen LogP contribution is -2.55. The van der Waals surface area contributed by atoms with Gasteiger partial charge in [0.25, 0.3) is 0 Å². The SMILES string of the molecule is COCCCN(C[C@]1(O)CC[C@H]2c3ccc(cc3C(=O)C3CCCCC3)C[C@@H](O)CCC(C)=CCC[C@@]21C)C(=O)N[C@H](C)c1ccccc1. The molecule has 49 heavy (non-hydrogen) atoms. The third-order valence-corrected chi connectivity index (χ3v) is 12.1. The molecule has 0 spiro atoms. The Bertz CT molecular complexity index is 1440. The standard InChI is InChI=1S/C42H60N2O5/c1-30-13-11-23-41(3)38(36-21-19-32(27-35(45)20-18-30)28-37(36)39(46)34-16-9-6-10-17-34)22-24-42(41,48)29-44(25-12-26-49-4)40(47)43-31(2)33-14-7-5-8-15-33/h5,7-8,13-15,19,21,28,31,34-35,38,45,48H,6,9-12,16-18,20,22-27,29H2,1-4H3,(H,43,47)/t31-,35+,38+,41+,42-/m1/s1. The largest absolute Gasteiger partial charge is 0.393 e. The Labute approximate surface area is 294 Å². The van der Waals surface area contributed by atoms with Crippen LogP contribution in [-0.4, -0.2) is 65.4 Å². The molecule has 2 aromatic carbocycles. The van der Waals surface area contributed by atoms with Gasteiger partial charge in [0.2, 0.25) is 0 Å². The number of nitrogens with one attached hydrogen (secondary N) is 1. The van der Waals surface area contributed by atoms with E-state index in [9.17, 15) is 19.8 Å². The molecule has 4 aliphatic carbocycles. The van der Waals surface area contributed by atoms with Crippen molar-refractivity contribution < 1.29 is 24.5 Å². The van der Waals surface area contributed by atoms with E-state index < -0.39 is 17.1 Å². The number of carbonyl (C=O) groups is 2. The molecule has 2 bridgehead atoms. The molecule has 2 saturated carbocycles. The minimum atomic E-state index is -1.17. The number of hydrogen-bond donors (Lipinski definition) is 3. The molecule has 0 saturated heterocycles. The van der Waals surface area contributed by atoms with Crippen molar-refractivity contribution in [1.29, 1.82) is 0 Å². The van der Waals surface area contributed by atoms with Crippen LogP contribution in [0.3, 0.4) is 0 Å². The smallest absolute Gasteiger partial charge is 0.317 e. The Hall–Kier alpha value is -3.00. The van der Waals surface area contributed by atoms with Crippen molar-refractivity contribution in [3.05, 3.63) is 82.4 Å². The van der Waals surface area contributed by atoms with Crippen LogP contribution in [0.1, 0.15) is 137 Å². The number of rotatable bonds is 10. The van der Waals surface area contributed by atoms with Crippen molar-refractivity contribution >= 4 is 11.8 Å². The third kappa shape index (κ3) is 8.84. The summed E-state index contributed by atoms with van der Waals surface area (Å²) in [5, 5.41) is 27.1. The van der Waals surface area contributed by atoms with E-state index in [-0.39, 0.29) is 36.2 Å². The molecule has 0 unspecified atom stereocenters. The number of benzene rings is 2. The Morgan fingerprint density at radius 2 is 1.80 bits per heavy atom. The first-order valence-electron chi connectivity index (χ1n) is 18.9. The number of allylic oxidation sites excluding steroid dienone is 2. The summed E-state index contributed by atoms with van der Waals surface area (Å²) in [7, 11) is 1.67. The molecule has 0 heterocycles. The fourth-order valence-electron chi connectivity index (χ4n) is 8.87. The lowest BCUT2D eigenvalue weighted by atomic mass is 9.64. The predicted molar refractivity (Wildman–Crippen MR) is 196 cm³/mol. The van der Waals surface area contributed by atoms with Gasteiger partial charge < -0.3 is 25.2 Å². The quantitative estimate of drug-likeness (QED) is 0.134. The van der Waals surface area contributed by atoms with E-state index in [1.165, 1.54) is 12.0 Å². The monoisotopic (exact) mass is 672 g/mol. The number of aliphatic hydroxyl groups is 2. The lowest BCUT2D eigenvalue weighted by Gasteiger charge is -2.46. The van der Waals surface area contributed by atoms with Crippen LogP contribution in [0, 0.1) is 11.3 Å². The molecule has 7 heteroatoms. The number of methoxy groups -OCH3 is 1. The molecular formula is C42H60N2O5. The van der Waals surface area contributed by atoms with E-state index in [0.717, 1.165) is 73.6 Å². The second-order valence-electron chi connectivity index (χ2n) is 15.5. The summed E-state index contributed by atoms with van der Waals surface area (Å²) in [4.78, 5) is 30.1. The van der Waals surface area contributed by atoms with Gasteiger partial charge in [0.05, 0.1) is 24.3 Å². The summed E-state index contributed by atoms with van der Waals surface area (Å²) in [5.41, 5.74) is 3.31. The summed E-state index contributed by atoms with van der Waals surface area (Å²) in [6, 6.07) is 15.9. The molecule has 3 N–H and O–H groups in total. The summed E-state index contributed by atoms with van der Waals surface area (Å²) in [6.07, 6.45) is 12.4. The minimum Gasteiger partial charge on any atom is -0.393 e. The van der Waals surface area contributed by atoms with Crippen LogP contribution < -0.4 is 5.32 Å². The molecule has 0 aliphatic heterocycles. The van der Waals surface area contributed by atoms with Gasteiger partial charge in [0.1, 0.15) is 0 Å². The van der Waals surface area contributed by atoms with Crippen LogP contribution in [0.2, 0.25) is 0 Å². The number of nitrogens with zero attached hydrogens (tertiary/aromatic N) is 1. The van der Waals surface area contributed by atoms with E-state index in [0.29, 0.717) is 38.8 Å². The first-order chi connectivity index (χ1) is 23.5. The predicted octanol–water partition coefficient (Wildman–Crippen LogP) is 8.30. The maximum Gasteiger partial charge on any atom is 0.317 e. The molecule has 7 nitrogen and oxygen atoms in total. The summed E-state index contributed by atoms with van der Waals surface area (Å²) in [5.74, 6) is 0.195. The van der Waals surface area contributed by atoms with Crippen LogP contribution in [0.5, 0.6) is 0 Å². The van der Waals surface area contributed by atoms with Gasteiger partial charge in [-0.25, -0.2) is 4.79 Å². The van der Waals surface area contributed by atoms with Gasteiger partial charge in [0.15, 0.2) is 5.78 Å². The molecule has 2 amide bonds. The number of aliphatic hydroxyl groups excluding tert-OH is 1. The molecular weight excluding hydrogens is 612 g/mol. The maximum atomic E-state index is 14.4. The average molecular weight is 673 g/mol. The number of ketones is 1. The van der Waals surface area contributed by atoms with Gasteiger partial charge in [-0.3, -0.25) is 4.79 Å². The van der Waals surface area contributed by atoms with E-state index in [1.807, 2.05) is 37.3 Å². The fourth-order valence-corrected chi connectivity index (χ4v) is 8.87. The van der Waals surface area contributed by atoms with Crippen molar-refractivity contribution in [2.75, 3.05) is 26.8 Å². The van der Waals surface area contributed by atoms with Crippen LogP contribution >= 0.6 is 0 Å². The third-order valence-electron chi connectivity index (χ3n) is 12.1. The van der Waals surface area contributed by atoms with Gasteiger partial charge in [-0.05, 0) is 107 Å². The Balaban J connectivity index is 1.51. The van der Waals surface area contributed by atoms with Crippen molar-refractivity contribution in [1.82, 2.24) is 10.2 Å². The zero-order valence-corrected chi connectivity index (χ0v) is 30.4. The van der Waals surface area contributed by atoms with Crippen LogP contribution in [0.4, 0.5) is 4.79 Å². The highest BCUT2D eigenvalue weighted by molar-refractivity contribution is 5.99. The number of ether oxygens (including phenoxy) is 1. The summed E-state index contributed by atoms with van der Waals surface area (Å²) in [6.45, 7) is 7.51. The van der Waals surface area contributed by atoms with Gasteiger partial charge in [-0.1, -0.05) is 80.3 Å². The minimum absolute atomic E-state index is 0.0234. The second kappa shape index (κ2) is 16.8. The van der Waals surface area contributed by atoms with Crippen LogP contribution in [-0.2, 0) is 11.2 Å². The zero-order valence-electron chi connectivity index (χ0n) is 30.4. The number of Topliss-reactive ketones (excluding diaryl/α,β-unsaturated/α-hetero) is 1. The van der Waals surface area contributed by atoms with Gasteiger partial charge in [-0.2, -0.15) is 0 Å². The normalized spacial score (nSPS) is 27.1. The zero-order chi connectivity index (χ0) is 35.0. The highest BCUT2D eigenvalue weighted by Crippen LogP contribution is 2.59. The number of hydrogen-bond acceptors (Lipinski definition) is 5. The topological polar surface area (TPSA) is 99.1 Å². The number of amides is 2. The van der Waals surface area contributed by atoms with Crippen LogP contribution in [0.15, 0.2) is 60.2 Å². The lowest BCUT2D eigenvalue weighted by molar-refractivity contribution is -0.0775. The number of fused-ring (bicyclic) bond motifs is 8. The first-order valence-corrected chi connectivity index (χ1v) is 18.9. The van der Waals surface area contributed by atoms with Crippen LogP contribution in [0.25, 0.3) is 0 Å². The Morgan fingerprint density at radius 3 is 2.53 bits per heavy atom. The summed E-state index contributed by atoms with van der Waals surface area (Å²) < 4.78 is 5.36. The molecule has 2 fully saturated rings. The molecule has 5 atom stereocenters. The number of urea groups is 1. The van der Waals surface area contributed by atoms with Crippen molar-refractivity contribution in [2.45, 2.75) is 128 Å². The molecule has 2 aromatic rings. The van der Waals surface area contributed by atoms with Gasteiger partial charge in [0, 0.05) is 37.2 Å². The highest BCUT2D eigenvalue weighted by Gasteiger charge is 2.57. The van der Waals surface area contributed by atoms with E-state index in [4.69, 9.17) is 4.74 Å². The van der Waals surface area contributed by atoms with Crippen molar-refractivity contribution in [3.63, 3.8) is 0 Å². The molecule has 268 valence electrons. The highest BCUT2D eigenvalue weighted by atomic mass is 16.5. The summed E-state index contributed by atoms with van der Waals surface area (Å²) >= 11 is 0. The van der Waals surface area contributed by atoms with Crippen molar-refractivity contribution in [2.24, 2.45) is 11.3 Å². The molecule has 0 radical (unpaired) electrons. The second-order valence-corrected chi connectivity index (χ2v) is 15.5. The van der Waals surface area contributed by atoms with E-state index in [1.54, 1.807) is 12.0 Å². The van der Waals surface area contributed by atoms with Crippen molar-refractivity contribution in [3.8, 4) is 0 Å². The number of carbonyl (C=O) groups excluding carboxylic acids is 2. The fraction of sp³-hybridized carbons (Fsp3) is 0.619. The first kappa shape index (κ1) is 37.3. The van der Waals surface area contributed by atoms with Gasteiger partial charge in [-0.15, -0.1) is 0 Å². The Kier molecular flexibility index (Phi) is 12.8.